The SMILES string of the molecule is Cc1[nH]nc(N)c1C(=O)NC1CCOCC1C. The molecule has 0 radical (unpaired) electrons. The fraction of sp³-hybridized carbons (Fsp3) is 0.636. The summed E-state index contributed by atoms with van der Waals surface area (Å²) in [7, 11) is 0. The first kappa shape index (κ1) is 11.9. The Hall–Kier alpha value is -1.56. The van der Waals surface area contributed by atoms with E-state index in [1.54, 1.807) is 6.92 Å². The summed E-state index contributed by atoms with van der Waals surface area (Å²) in [5.74, 6) is 0.411. The van der Waals surface area contributed by atoms with Crippen molar-refractivity contribution in [1.29, 1.82) is 0 Å². The number of aryl methyl sites for hydroxylation is 1. The van der Waals surface area contributed by atoms with Crippen LogP contribution >= 0.6 is 0 Å². The van der Waals surface area contributed by atoms with E-state index in [2.05, 4.69) is 22.4 Å². The van der Waals surface area contributed by atoms with Crippen molar-refractivity contribution in [1.82, 2.24) is 15.5 Å². The van der Waals surface area contributed by atoms with E-state index in [1.807, 2.05) is 0 Å². The number of aromatic amines is 1. The van der Waals surface area contributed by atoms with Gasteiger partial charge in [0, 0.05) is 18.3 Å². The van der Waals surface area contributed by atoms with Gasteiger partial charge in [0.2, 0.25) is 0 Å². The monoisotopic (exact) mass is 238 g/mol. The van der Waals surface area contributed by atoms with E-state index in [0.29, 0.717) is 30.4 Å². The van der Waals surface area contributed by atoms with Crippen molar-refractivity contribution in [2.75, 3.05) is 18.9 Å². The van der Waals surface area contributed by atoms with Gasteiger partial charge in [-0.3, -0.25) is 9.89 Å². The minimum absolute atomic E-state index is 0.143. The van der Waals surface area contributed by atoms with Crippen LogP contribution in [-0.2, 0) is 4.74 Å². The third-order valence-electron chi connectivity index (χ3n) is 3.16. The van der Waals surface area contributed by atoms with Crippen LogP contribution in [0.5, 0.6) is 0 Å². The zero-order valence-electron chi connectivity index (χ0n) is 10.1. The molecule has 2 rings (SSSR count). The van der Waals surface area contributed by atoms with Crippen LogP contribution in [0.1, 0.15) is 29.4 Å². The number of carbonyl (C=O) groups excluding carboxylic acids is 1. The number of ether oxygens (including phenoxy) is 1. The van der Waals surface area contributed by atoms with Crippen molar-refractivity contribution in [3.63, 3.8) is 0 Å². The number of H-pyrrole nitrogens is 1. The molecule has 1 amide bonds. The van der Waals surface area contributed by atoms with Gasteiger partial charge in [-0.05, 0) is 19.3 Å². The minimum Gasteiger partial charge on any atom is -0.382 e. The number of carbonyl (C=O) groups is 1. The topological polar surface area (TPSA) is 93.0 Å². The predicted octanol–water partition coefficient (Wildman–Crippen LogP) is 0.455. The Morgan fingerprint density at radius 3 is 3.00 bits per heavy atom. The highest BCUT2D eigenvalue weighted by atomic mass is 16.5. The first-order valence-electron chi connectivity index (χ1n) is 5.78. The molecule has 2 heterocycles. The molecule has 1 aromatic heterocycles. The van der Waals surface area contributed by atoms with Crippen molar-refractivity contribution >= 4 is 11.7 Å². The normalized spacial score (nSPS) is 24.6. The van der Waals surface area contributed by atoms with E-state index >= 15 is 0 Å². The molecule has 1 aromatic rings. The van der Waals surface area contributed by atoms with Gasteiger partial charge in [0.05, 0.1) is 6.61 Å². The van der Waals surface area contributed by atoms with E-state index in [0.717, 1.165) is 6.42 Å². The number of nitrogens with one attached hydrogen (secondary N) is 2. The van der Waals surface area contributed by atoms with E-state index < -0.39 is 0 Å². The minimum atomic E-state index is -0.160. The molecule has 1 aliphatic rings. The second-order valence-corrected chi connectivity index (χ2v) is 4.53. The Labute approximate surface area is 99.9 Å². The number of hydrogen-bond donors (Lipinski definition) is 3. The molecule has 17 heavy (non-hydrogen) atoms. The van der Waals surface area contributed by atoms with Crippen LogP contribution in [-0.4, -0.2) is 35.4 Å². The van der Waals surface area contributed by atoms with Crippen molar-refractivity contribution in [2.45, 2.75) is 26.3 Å². The van der Waals surface area contributed by atoms with Crippen molar-refractivity contribution < 1.29 is 9.53 Å². The largest absolute Gasteiger partial charge is 0.382 e. The fourth-order valence-electron chi connectivity index (χ4n) is 2.07. The number of anilines is 1. The number of nitrogens with zero attached hydrogens (tertiary/aromatic N) is 1. The van der Waals surface area contributed by atoms with Gasteiger partial charge < -0.3 is 15.8 Å². The van der Waals surface area contributed by atoms with Gasteiger partial charge in [0.1, 0.15) is 5.56 Å². The molecular formula is C11H18N4O2. The summed E-state index contributed by atoms with van der Waals surface area (Å²) in [5.41, 5.74) is 6.80. The summed E-state index contributed by atoms with van der Waals surface area (Å²) in [4.78, 5) is 12.1. The van der Waals surface area contributed by atoms with Gasteiger partial charge in [-0.15, -0.1) is 0 Å². The Morgan fingerprint density at radius 1 is 1.65 bits per heavy atom. The Kier molecular flexibility index (Phi) is 3.33. The molecular weight excluding hydrogens is 220 g/mol. The molecule has 94 valence electrons. The lowest BCUT2D eigenvalue weighted by atomic mass is 9.97. The van der Waals surface area contributed by atoms with Gasteiger partial charge >= 0.3 is 0 Å². The van der Waals surface area contributed by atoms with Crippen LogP contribution in [0.15, 0.2) is 0 Å². The van der Waals surface area contributed by atoms with Gasteiger partial charge in [-0.25, -0.2) is 0 Å². The Bertz CT molecular complexity index is 396. The average molecular weight is 238 g/mol. The van der Waals surface area contributed by atoms with E-state index in [9.17, 15) is 4.79 Å². The molecule has 2 atom stereocenters. The van der Waals surface area contributed by atoms with Crippen LogP contribution in [0.25, 0.3) is 0 Å². The summed E-state index contributed by atoms with van der Waals surface area (Å²) in [5, 5.41) is 9.52. The van der Waals surface area contributed by atoms with Gasteiger partial charge in [-0.1, -0.05) is 6.92 Å². The molecule has 6 nitrogen and oxygen atoms in total. The number of aromatic nitrogens is 2. The maximum absolute atomic E-state index is 12.1. The third kappa shape index (κ3) is 2.41. The first-order valence-corrected chi connectivity index (χ1v) is 5.78. The van der Waals surface area contributed by atoms with Gasteiger partial charge in [-0.2, -0.15) is 5.10 Å². The molecule has 1 aliphatic heterocycles. The van der Waals surface area contributed by atoms with E-state index in [4.69, 9.17) is 10.5 Å². The van der Waals surface area contributed by atoms with Crippen LogP contribution in [0.4, 0.5) is 5.82 Å². The van der Waals surface area contributed by atoms with Crippen LogP contribution in [0.2, 0.25) is 0 Å². The number of amides is 1. The molecule has 0 aliphatic carbocycles. The van der Waals surface area contributed by atoms with Crippen LogP contribution in [0.3, 0.4) is 0 Å². The number of nitrogens with two attached hydrogens (primary N) is 1. The number of hydrogen-bond acceptors (Lipinski definition) is 4. The molecule has 0 saturated carbocycles. The van der Waals surface area contributed by atoms with Crippen molar-refractivity contribution in [3.05, 3.63) is 11.3 Å². The Balaban J connectivity index is 2.06. The summed E-state index contributed by atoms with van der Waals surface area (Å²) in [6.45, 7) is 5.22. The lowest BCUT2D eigenvalue weighted by molar-refractivity contribution is 0.0375. The lowest BCUT2D eigenvalue weighted by Gasteiger charge is -2.29. The van der Waals surface area contributed by atoms with Gasteiger partial charge in [0.25, 0.3) is 5.91 Å². The number of rotatable bonds is 2. The molecule has 2 unspecified atom stereocenters. The molecule has 0 spiro atoms. The highest BCUT2D eigenvalue weighted by molar-refractivity contribution is 5.99. The molecule has 1 saturated heterocycles. The van der Waals surface area contributed by atoms with Crippen LogP contribution in [0, 0.1) is 12.8 Å². The second kappa shape index (κ2) is 4.75. The zero-order chi connectivity index (χ0) is 12.4. The standard InChI is InChI=1S/C11H18N4O2/c1-6-5-17-4-3-8(6)13-11(16)9-7(2)14-15-10(9)12/h6,8H,3-5H2,1-2H3,(H,13,16)(H3,12,14,15). The molecule has 0 aromatic carbocycles. The first-order chi connectivity index (χ1) is 8.09. The maximum atomic E-state index is 12.1. The summed E-state index contributed by atoms with van der Waals surface area (Å²) >= 11 is 0. The highest BCUT2D eigenvalue weighted by Crippen LogP contribution is 2.17. The average Bonchev–Trinajstić information content (AvgIpc) is 2.62. The molecule has 0 bridgehead atoms. The molecule has 1 fully saturated rings. The second-order valence-electron chi connectivity index (χ2n) is 4.53. The summed E-state index contributed by atoms with van der Waals surface area (Å²) in [6.07, 6.45) is 0.837. The number of nitrogen functional groups attached to an aromatic ring is 1. The predicted molar refractivity (Wildman–Crippen MR) is 63.6 cm³/mol. The lowest BCUT2D eigenvalue weighted by Crippen LogP contribution is -2.44. The highest BCUT2D eigenvalue weighted by Gasteiger charge is 2.25. The smallest absolute Gasteiger partial charge is 0.257 e. The molecule has 4 N–H and O–H groups in total. The molecule has 6 heteroatoms. The Morgan fingerprint density at radius 2 is 2.41 bits per heavy atom. The third-order valence-corrected chi connectivity index (χ3v) is 3.16. The maximum Gasteiger partial charge on any atom is 0.257 e. The van der Waals surface area contributed by atoms with E-state index in [1.165, 1.54) is 0 Å². The zero-order valence-corrected chi connectivity index (χ0v) is 10.1. The summed E-state index contributed by atoms with van der Waals surface area (Å²) < 4.78 is 5.34. The van der Waals surface area contributed by atoms with E-state index in [-0.39, 0.29) is 17.8 Å². The van der Waals surface area contributed by atoms with Crippen molar-refractivity contribution in [2.24, 2.45) is 5.92 Å². The quantitative estimate of drug-likeness (QED) is 0.697. The van der Waals surface area contributed by atoms with Crippen LogP contribution < -0.4 is 11.1 Å². The summed E-state index contributed by atoms with van der Waals surface area (Å²) in [6, 6.07) is 0.143. The van der Waals surface area contributed by atoms with Gasteiger partial charge in [0.15, 0.2) is 5.82 Å². The fourth-order valence-corrected chi connectivity index (χ4v) is 2.07. The van der Waals surface area contributed by atoms with Crippen molar-refractivity contribution in [3.8, 4) is 0 Å².